The molecule has 7 nitrogen and oxygen atoms in total. The van der Waals surface area contributed by atoms with Gasteiger partial charge in [-0.3, -0.25) is 13.9 Å². The van der Waals surface area contributed by atoms with Crippen molar-refractivity contribution in [2.45, 2.75) is 6.54 Å². The van der Waals surface area contributed by atoms with E-state index in [4.69, 9.17) is 0 Å². The maximum Gasteiger partial charge on any atom is 0.330 e. The fraction of sp³-hybridized carbons (Fsp3) is 0.188. The van der Waals surface area contributed by atoms with Gasteiger partial charge in [0.15, 0.2) is 0 Å². The Hall–Kier alpha value is -3.16. The SMILES string of the molecule is Cn1c(CNc2c(F)cccc2-n2cccn2)cc(=O)n(C)c1=O. The molecule has 0 aliphatic heterocycles. The molecule has 0 spiro atoms. The molecule has 0 bridgehead atoms. The van der Waals surface area contributed by atoms with Crippen LogP contribution < -0.4 is 16.6 Å². The fourth-order valence-electron chi connectivity index (χ4n) is 2.42. The Morgan fingerprint density at radius 3 is 2.67 bits per heavy atom. The lowest BCUT2D eigenvalue weighted by Gasteiger charge is -2.15. The van der Waals surface area contributed by atoms with Gasteiger partial charge in [-0.1, -0.05) is 6.07 Å². The molecule has 0 amide bonds. The van der Waals surface area contributed by atoms with E-state index in [1.165, 1.54) is 28.4 Å². The first-order valence-electron chi connectivity index (χ1n) is 7.27. The van der Waals surface area contributed by atoms with Crippen LogP contribution in [0.4, 0.5) is 10.1 Å². The van der Waals surface area contributed by atoms with Crippen molar-refractivity contribution in [2.75, 3.05) is 5.32 Å². The van der Waals surface area contributed by atoms with E-state index in [0.29, 0.717) is 11.4 Å². The number of para-hydroxylation sites is 1. The molecule has 1 N–H and O–H groups in total. The first-order valence-corrected chi connectivity index (χ1v) is 7.27. The predicted molar refractivity (Wildman–Crippen MR) is 87.8 cm³/mol. The highest BCUT2D eigenvalue weighted by molar-refractivity contribution is 5.61. The summed E-state index contributed by atoms with van der Waals surface area (Å²) in [5.41, 5.74) is 0.400. The van der Waals surface area contributed by atoms with E-state index in [1.807, 2.05) is 0 Å². The van der Waals surface area contributed by atoms with Gasteiger partial charge in [-0.2, -0.15) is 5.10 Å². The lowest BCUT2D eigenvalue weighted by atomic mass is 10.2. The van der Waals surface area contributed by atoms with Crippen molar-refractivity contribution in [1.29, 1.82) is 0 Å². The highest BCUT2D eigenvalue weighted by Crippen LogP contribution is 2.23. The van der Waals surface area contributed by atoms with Crippen LogP contribution in [0.1, 0.15) is 5.69 Å². The van der Waals surface area contributed by atoms with E-state index in [-0.39, 0.29) is 12.2 Å². The van der Waals surface area contributed by atoms with Crippen LogP contribution >= 0.6 is 0 Å². The van der Waals surface area contributed by atoms with Crippen molar-refractivity contribution in [1.82, 2.24) is 18.9 Å². The van der Waals surface area contributed by atoms with Crippen molar-refractivity contribution >= 4 is 5.69 Å². The topological polar surface area (TPSA) is 73.8 Å². The Bertz CT molecular complexity index is 989. The summed E-state index contributed by atoms with van der Waals surface area (Å²) in [6.45, 7) is 0.122. The first-order chi connectivity index (χ1) is 11.5. The average Bonchev–Trinajstić information content (AvgIpc) is 3.10. The lowest BCUT2D eigenvalue weighted by Crippen LogP contribution is -2.38. The number of hydrogen-bond donors (Lipinski definition) is 1. The van der Waals surface area contributed by atoms with Crippen molar-refractivity contribution in [3.8, 4) is 5.69 Å². The summed E-state index contributed by atoms with van der Waals surface area (Å²) < 4.78 is 18.1. The molecule has 2 heterocycles. The second kappa shape index (κ2) is 6.15. The zero-order valence-electron chi connectivity index (χ0n) is 13.2. The molecule has 0 unspecified atom stereocenters. The first kappa shape index (κ1) is 15.7. The van der Waals surface area contributed by atoms with Gasteiger partial charge in [-0.25, -0.2) is 13.9 Å². The quantitative estimate of drug-likeness (QED) is 0.776. The third kappa shape index (κ3) is 2.73. The van der Waals surface area contributed by atoms with Gasteiger partial charge in [0, 0.05) is 38.2 Å². The largest absolute Gasteiger partial charge is 0.375 e. The van der Waals surface area contributed by atoms with Gasteiger partial charge in [-0.15, -0.1) is 0 Å². The van der Waals surface area contributed by atoms with E-state index >= 15 is 0 Å². The van der Waals surface area contributed by atoms with Gasteiger partial charge in [-0.05, 0) is 18.2 Å². The van der Waals surface area contributed by atoms with Crippen molar-refractivity contribution < 1.29 is 4.39 Å². The van der Waals surface area contributed by atoms with E-state index in [2.05, 4.69) is 10.4 Å². The summed E-state index contributed by atoms with van der Waals surface area (Å²) in [7, 11) is 2.98. The van der Waals surface area contributed by atoms with Crippen LogP contribution in [0.2, 0.25) is 0 Å². The molecule has 0 radical (unpaired) electrons. The van der Waals surface area contributed by atoms with Gasteiger partial charge in [0.25, 0.3) is 5.56 Å². The smallest absolute Gasteiger partial charge is 0.330 e. The van der Waals surface area contributed by atoms with Crippen LogP contribution in [0.15, 0.2) is 52.3 Å². The second-order valence-electron chi connectivity index (χ2n) is 5.31. The molecule has 2 aromatic heterocycles. The van der Waals surface area contributed by atoms with Crippen molar-refractivity contribution in [3.63, 3.8) is 0 Å². The third-order valence-corrected chi connectivity index (χ3v) is 3.81. The number of anilines is 1. The summed E-state index contributed by atoms with van der Waals surface area (Å²) in [6, 6.07) is 7.73. The van der Waals surface area contributed by atoms with Crippen molar-refractivity contribution in [2.24, 2.45) is 14.1 Å². The molecule has 1 aromatic carbocycles. The zero-order valence-corrected chi connectivity index (χ0v) is 13.2. The minimum atomic E-state index is -0.447. The molecule has 0 atom stereocenters. The number of nitrogens with one attached hydrogen (secondary N) is 1. The normalized spacial score (nSPS) is 10.8. The standard InChI is InChI=1S/C16H16FN5O2/c1-20-11(9-14(23)21(2)16(20)24)10-18-15-12(17)5-3-6-13(15)22-8-4-7-19-22/h3-9,18H,10H2,1-2H3. The van der Waals surface area contributed by atoms with E-state index in [1.54, 1.807) is 37.6 Å². The molecule has 0 saturated carbocycles. The van der Waals surface area contributed by atoms with Gasteiger partial charge >= 0.3 is 5.69 Å². The number of benzene rings is 1. The van der Waals surface area contributed by atoms with Crippen LogP contribution in [-0.2, 0) is 20.6 Å². The Kier molecular flexibility index (Phi) is 4.03. The molecule has 8 heteroatoms. The van der Waals surface area contributed by atoms with Gasteiger partial charge in [0.05, 0.1) is 17.9 Å². The molecule has 3 aromatic rings. The van der Waals surface area contributed by atoms with E-state index in [0.717, 1.165) is 4.57 Å². The Morgan fingerprint density at radius 1 is 1.17 bits per heavy atom. The molecule has 0 aliphatic carbocycles. The Morgan fingerprint density at radius 2 is 1.96 bits per heavy atom. The van der Waals surface area contributed by atoms with Gasteiger partial charge < -0.3 is 5.32 Å². The maximum absolute atomic E-state index is 14.2. The third-order valence-electron chi connectivity index (χ3n) is 3.81. The Labute approximate surface area is 136 Å². The van der Waals surface area contributed by atoms with Crippen LogP contribution in [0, 0.1) is 5.82 Å². The number of nitrogens with zero attached hydrogens (tertiary/aromatic N) is 4. The summed E-state index contributed by atoms with van der Waals surface area (Å²) in [4.78, 5) is 23.7. The summed E-state index contributed by atoms with van der Waals surface area (Å²) in [5, 5.41) is 7.06. The number of halogens is 1. The molecule has 0 aliphatic rings. The second-order valence-corrected chi connectivity index (χ2v) is 5.31. The molecule has 0 saturated heterocycles. The zero-order chi connectivity index (χ0) is 17.3. The predicted octanol–water partition coefficient (Wildman–Crippen LogP) is 1.02. The van der Waals surface area contributed by atoms with Crippen LogP contribution in [0.5, 0.6) is 0 Å². The number of hydrogen-bond acceptors (Lipinski definition) is 4. The van der Waals surface area contributed by atoms with E-state index < -0.39 is 17.1 Å². The van der Waals surface area contributed by atoms with Crippen molar-refractivity contribution in [3.05, 3.63) is 75.1 Å². The number of aromatic nitrogens is 4. The average molecular weight is 329 g/mol. The minimum Gasteiger partial charge on any atom is -0.375 e. The highest BCUT2D eigenvalue weighted by atomic mass is 19.1. The molecular weight excluding hydrogens is 313 g/mol. The summed E-state index contributed by atoms with van der Waals surface area (Å²) in [5.74, 6) is -0.447. The maximum atomic E-state index is 14.2. The molecule has 124 valence electrons. The van der Waals surface area contributed by atoms with Crippen LogP contribution in [0.25, 0.3) is 5.69 Å². The number of rotatable bonds is 4. The van der Waals surface area contributed by atoms with Gasteiger partial charge in [0.1, 0.15) is 5.82 Å². The van der Waals surface area contributed by atoms with Crippen LogP contribution in [0.3, 0.4) is 0 Å². The molecule has 0 fully saturated rings. The fourth-order valence-corrected chi connectivity index (χ4v) is 2.42. The molecule has 24 heavy (non-hydrogen) atoms. The van der Waals surface area contributed by atoms with E-state index in [9.17, 15) is 14.0 Å². The lowest BCUT2D eigenvalue weighted by molar-refractivity contribution is 0.624. The van der Waals surface area contributed by atoms with Crippen LogP contribution in [-0.4, -0.2) is 18.9 Å². The minimum absolute atomic E-state index is 0.122. The monoisotopic (exact) mass is 329 g/mol. The summed E-state index contributed by atoms with van der Waals surface area (Å²) >= 11 is 0. The molecular formula is C16H16FN5O2. The Balaban J connectivity index is 1.97. The van der Waals surface area contributed by atoms with Gasteiger partial charge in [0.2, 0.25) is 0 Å². The summed E-state index contributed by atoms with van der Waals surface area (Å²) in [6.07, 6.45) is 3.30. The molecule has 3 rings (SSSR count). The highest BCUT2D eigenvalue weighted by Gasteiger charge is 2.12.